The number of nitrogens with one attached hydrogen (secondary N) is 2. The van der Waals surface area contributed by atoms with Crippen molar-refractivity contribution in [1.29, 1.82) is 0 Å². The lowest BCUT2D eigenvalue weighted by Crippen LogP contribution is -2.45. The highest BCUT2D eigenvalue weighted by Gasteiger charge is 2.17. The minimum absolute atomic E-state index is 0.0752. The fourth-order valence-electron chi connectivity index (χ4n) is 1.57. The Morgan fingerprint density at radius 1 is 1.48 bits per heavy atom. The smallest absolute Gasteiger partial charge is 0.317 e. The summed E-state index contributed by atoms with van der Waals surface area (Å²) in [7, 11) is 1.54. The van der Waals surface area contributed by atoms with Gasteiger partial charge in [0.15, 0.2) is 5.82 Å². The van der Waals surface area contributed by atoms with Gasteiger partial charge in [-0.3, -0.25) is 4.79 Å². The van der Waals surface area contributed by atoms with E-state index in [1.807, 2.05) is 6.92 Å². The van der Waals surface area contributed by atoms with Crippen LogP contribution in [0.15, 0.2) is 16.9 Å². The van der Waals surface area contributed by atoms with Crippen LogP contribution in [0.25, 0.3) is 0 Å². The molecule has 118 valence electrons. The summed E-state index contributed by atoms with van der Waals surface area (Å²) in [6.45, 7) is 3.25. The van der Waals surface area contributed by atoms with Crippen LogP contribution in [-0.2, 0) is 9.53 Å². The fraction of sp³-hybridized carbons (Fsp3) is 0.615. The van der Waals surface area contributed by atoms with E-state index in [1.165, 1.54) is 17.2 Å². The fourth-order valence-corrected chi connectivity index (χ4v) is 1.57. The molecule has 8 nitrogen and oxygen atoms in total. The molecule has 0 aromatic carbocycles. The van der Waals surface area contributed by atoms with Crippen molar-refractivity contribution in [3.63, 3.8) is 0 Å². The van der Waals surface area contributed by atoms with E-state index in [4.69, 9.17) is 4.74 Å². The first-order valence-corrected chi connectivity index (χ1v) is 6.89. The summed E-state index contributed by atoms with van der Waals surface area (Å²) in [6.07, 6.45) is 3.25. The number of amides is 3. The molecular weight excluding hydrogens is 276 g/mol. The maximum absolute atomic E-state index is 12.0. The molecular formula is C13H22N4O4. The van der Waals surface area contributed by atoms with Crippen molar-refractivity contribution in [1.82, 2.24) is 15.4 Å². The Bertz CT molecular complexity index is 422. The quantitative estimate of drug-likeness (QED) is 0.665. The zero-order valence-corrected chi connectivity index (χ0v) is 12.4. The summed E-state index contributed by atoms with van der Waals surface area (Å²) in [6, 6.07) is 1.24. The first-order valence-electron chi connectivity index (χ1n) is 6.89. The van der Waals surface area contributed by atoms with E-state index in [2.05, 4.69) is 20.3 Å². The van der Waals surface area contributed by atoms with Crippen LogP contribution in [-0.4, -0.2) is 55.3 Å². The van der Waals surface area contributed by atoms with Crippen molar-refractivity contribution in [3.05, 3.63) is 12.3 Å². The van der Waals surface area contributed by atoms with Gasteiger partial charge in [-0.15, -0.1) is 0 Å². The number of urea groups is 1. The van der Waals surface area contributed by atoms with Crippen molar-refractivity contribution in [2.24, 2.45) is 0 Å². The van der Waals surface area contributed by atoms with Crippen LogP contribution >= 0.6 is 0 Å². The summed E-state index contributed by atoms with van der Waals surface area (Å²) >= 11 is 0. The normalized spacial score (nSPS) is 10.2. The molecule has 1 heterocycles. The van der Waals surface area contributed by atoms with Crippen LogP contribution in [0.2, 0.25) is 0 Å². The molecule has 2 N–H and O–H groups in total. The van der Waals surface area contributed by atoms with Gasteiger partial charge in [-0.05, 0) is 6.42 Å². The first kappa shape index (κ1) is 17.0. The highest BCUT2D eigenvalue weighted by atomic mass is 16.5. The van der Waals surface area contributed by atoms with E-state index in [9.17, 15) is 9.59 Å². The van der Waals surface area contributed by atoms with Crippen molar-refractivity contribution < 1.29 is 18.8 Å². The van der Waals surface area contributed by atoms with E-state index in [-0.39, 0.29) is 18.5 Å². The Labute approximate surface area is 123 Å². The molecule has 0 aliphatic carbocycles. The predicted octanol–water partition coefficient (Wildman–Crippen LogP) is 1.07. The molecule has 0 fully saturated rings. The minimum Gasteiger partial charge on any atom is -0.383 e. The lowest BCUT2D eigenvalue weighted by molar-refractivity contribution is -0.116. The minimum atomic E-state index is -0.342. The number of hydrogen-bond acceptors (Lipinski definition) is 5. The largest absolute Gasteiger partial charge is 0.383 e. The lowest BCUT2D eigenvalue weighted by Gasteiger charge is -2.22. The Morgan fingerprint density at radius 2 is 2.29 bits per heavy atom. The molecule has 0 spiro atoms. The van der Waals surface area contributed by atoms with E-state index in [0.717, 1.165) is 12.8 Å². The number of ether oxygens (including phenoxy) is 1. The van der Waals surface area contributed by atoms with Crippen molar-refractivity contribution in [2.45, 2.75) is 19.8 Å². The van der Waals surface area contributed by atoms with E-state index in [1.54, 1.807) is 7.11 Å². The van der Waals surface area contributed by atoms with Crippen LogP contribution < -0.4 is 10.6 Å². The molecule has 0 aliphatic rings. The molecule has 0 aliphatic heterocycles. The van der Waals surface area contributed by atoms with Crippen LogP contribution in [0, 0.1) is 0 Å². The van der Waals surface area contributed by atoms with Gasteiger partial charge in [-0.2, -0.15) is 0 Å². The topological polar surface area (TPSA) is 96.7 Å². The predicted molar refractivity (Wildman–Crippen MR) is 76.9 cm³/mol. The molecule has 0 saturated carbocycles. The zero-order valence-electron chi connectivity index (χ0n) is 12.4. The molecule has 0 unspecified atom stereocenters. The third-order valence-electron chi connectivity index (χ3n) is 2.70. The number of unbranched alkanes of at least 4 members (excludes halogenated alkanes) is 1. The monoisotopic (exact) mass is 298 g/mol. The molecule has 0 bridgehead atoms. The number of rotatable bonds is 9. The zero-order chi connectivity index (χ0) is 15.5. The second-order valence-electron chi connectivity index (χ2n) is 4.43. The van der Waals surface area contributed by atoms with Gasteiger partial charge in [0.1, 0.15) is 12.8 Å². The molecule has 21 heavy (non-hydrogen) atoms. The lowest BCUT2D eigenvalue weighted by atomic mass is 10.3. The van der Waals surface area contributed by atoms with E-state index in [0.29, 0.717) is 25.5 Å². The molecule has 1 rings (SSSR count). The van der Waals surface area contributed by atoms with Gasteiger partial charge in [0, 0.05) is 26.3 Å². The number of hydrogen-bond donors (Lipinski definition) is 2. The molecule has 1 aromatic rings. The average Bonchev–Trinajstić information content (AvgIpc) is 2.96. The third-order valence-corrected chi connectivity index (χ3v) is 2.70. The van der Waals surface area contributed by atoms with Gasteiger partial charge >= 0.3 is 6.03 Å². The summed E-state index contributed by atoms with van der Waals surface area (Å²) in [5, 5.41) is 8.90. The Hall–Kier alpha value is -2.09. The number of aromatic nitrogens is 1. The van der Waals surface area contributed by atoms with Crippen molar-refractivity contribution in [2.75, 3.05) is 38.7 Å². The van der Waals surface area contributed by atoms with E-state index < -0.39 is 0 Å². The molecule has 0 atom stereocenters. The van der Waals surface area contributed by atoms with Crippen LogP contribution in [0.3, 0.4) is 0 Å². The second kappa shape index (κ2) is 9.76. The van der Waals surface area contributed by atoms with Crippen LogP contribution in [0.1, 0.15) is 19.8 Å². The molecule has 3 amide bonds. The van der Waals surface area contributed by atoms with Gasteiger partial charge in [-0.1, -0.05) is 18.5 Å². The SMILES string of the molecule is CCCCNC(=O)N(CCOC)CC(=O)Nc1ccon1. The molecule has 1 aromatic heterocycles. The summed E-state index contributed by atoms with van der Waals surface area (Å²) in [5.41, 5.74) is 0. The number of nitrogens with zero attached hydrogens (tertiary/aromatic N) is 2. The first-order chi connectivity index (χ1) is 10.2. The maximum Gasteiger partial charge on any atom is 0.317 e. The Kier molecular flexibility index (Phi) is 7.88. The number of methoxy groups -OCH3 is 1. The molecule has 0 saturated heterocycles. The molecule has 0 radical (unpaired) electrons. The summed E-state index contributed by atoms with van der Waals surface area (Å²) in [5.74, 6) is -0.0243. The highest BCUT2D eigenvalue weighted by molar-refractivity contribution is 5.93. The molecule has 8 heteroatoms. The third kappa shape index (κ3) is 6.75. The van der Waals surface area contributed by atoms with Crippen LogP contribution in [0.4, 0.5) is 10.6 Å². The number of carbonyl (C=O) groups is 2. The number of carbonyl (C=O) groups excluding carboxylic acids is 2. The van der Waals surface area contributed by atoms with Gasteiger partial charge in [-0.25, -0.2) is 4.79 Å². The van der Waals surface area contributed by atoms with Gasteiger partial charge in [0.2, 0.25) is 5.91 Å². The maximum atomic E-state index is 12.0. The van der Waals surface area contributed by atoms with Gasteiger partial charge in [0.05, 0.1) is 6.61 Å². The van der Waals surface area contributed by atoms with Crippen molar-refractivity contribution in [3.8, 4) is 0 Å². The van der Waals surface area contributed by atoms with Gasteiger partial charge in [0.25, 0.3) is 0 Å². The Morgan fingerprint density at radius 3 is 2.90 bits per heavy atom. The average molecular weight is 298 g/mol. The summed E-state index contributed by atoms with van der Waals surface area (Å²) in [4.78, 5) is 25.3. The van der Waals surface area contributed by atoms with Crippen LogP contribution in [0.5, 0.6) is 0 Å². The Balaban J connectivity index is 2.47. The standard InChI is InChI=1S/C13H22N4O4/c1-3-4-6-14-13(19)17(7-9-20-2)10-12(18)15-11-5-8-21-16-11/h5,8H,3-4,6-7,9-10H2,1-2H3,(H,14,19)(H,15,16,18). The van der Waals surface area contributed by atoms with Gasteiger partial charge < -0.3 is 24.8 Å². The second-order valence-corrected chi connectivity index (χ2v) is 4.43. The van der Waals surface area contributed by atoms with E-state index >= 15 is 0 Å². The highest BCUT2D eigenvalue weighted by Crippen LogP contribution is 2.01. The summed E-state index contributed by atoms with van der Waals surface area (Å²) < 4.78 is 9.58. The van der Waals surface area contributed by atoms with Crippen molar-refractivity contribution >= 4 is 17.8 Å². The number of anilines is 1.